The first kappa shape index (κ1) is 18.6. The molecule has 4 nitrogen and oxygen atoms in total. The summed E-state index contributed by atoms with van der Waals surface area (Å²) in [6, 6.07) is 9.51. The molecule has 2 heterocycles. The van der Waals surface area contributed by atoms with Crippen LogP contribution in [-0.2, 0) is 5.75 Å². The Labute approximate surface area is 156 Å². The number of carbonyl (C=O) groups is 1. The minimum Gasteiger partial charge on any atom is -0.337 e. The predicted octanol–water partition coefficient (Wildman–Crippen LogP) is 3.50. The Hall–Kier alpha value is -1.20. The lowest BCUT2D eigenvalue weighted by Crippen LogP contribution is -2.49. The summed E-state index contributed by atoms with van der Waals surface area (Å²) in [6.45, 7) is 7.19. The molecule has 138 valence electrons. The average molecular weight is 362 g/mol. The molecule has 2 aliphatic rings. The van der Waals surface area contributed by atoms with Crippen LogP contribution in [0.5, 0.6) is 0 Å². The number of likely N-dealkylation sites (tertiary alicyclic amines) is 2. The van der Waals surface area contributed by atoms with Crippen LogP contribution >= 0.6 is 11.8 Å². The summed E-state index contributed by atoms with van der Waals surface area (Å²) in [5.41, 5.74) is 2.65. The van der Waals surface area contributed by atoms with Crippen LogP contribution in [0.2, 0.25) is 0 Å². The Balaban J connectivity index is 1.27. The van der Waals surface area contributed by atoms with Crippen LogP contribution in [0.4, 0.5) is 4.79 Å². The minimum absolute atomic E-state index is 0.121. The van der Waals surface area contributed by atoms with Gasteiger partial charge in [-0.15, -0.1) is 0 Å². The topological polar surface area (TPSA) is 35.6 Å². The van der Waals surface area contributed by atoms with E-state index in [1.165, 1.54) is 37.1 Å². The second kappa shape index (κ2) is 9.48. The molecule has 0 unspecified atom stereocenters. The zero-order valence-corrected chi connectivity index (χ0v) is 16.2. The van der Waals surface area contributed by atoms with Crippen molar-refractivity contribution in [2.24, 2.45) is 0 Å². The molecule has 2 saturated heterocycles. The number of benzene rings is 1. The maximum atomic E-state index is 12.3. The van der Waals surface area contributed by atoms with Crippen LogP contribution in [0.3, 0.4) is 0 Å². The van der Waals surface area contributed by atoms with Crippen LogP contribution in [0, 0.1) is 6.92 Å². The standard InChI is InChI=1S/C20H31N3OS/c1-17-4-6-18(7-5-17)16-25-15-10-21-20(24)23-13-8-19(9-14-23)22-11-2-3-12-22/h4-7,19H,2-3,8-16H2,1H3,(H,21,24). The van der Waals surface area contributed by atoms with E-state index in [1.54, 1.807) is 0 Å². The number of carbonyl (C=O) groups excluding carboxylic acids is 1. The van der Waals surface area contributed by atoms with E-state index in [9.17, 15) is 4.79 Å². The van der Waals surface area contributed by atoms with Crippen molar-refractivity contribution in [2.75, 3.05) is 38.5 Å². The number of hydrogen-bond donors (Lipinski definition) is 1. The van der Waals surface area contributed by atoms with Crippen molar-refractivity contribution in [2.45, 2.75) is 44.4 Å². The number of urea groups is 1. The lowest BCUT2D eigenvalue weighted by atomic mass is 10.0. The monoisotopic (exact) mass is 361 g/mol. The lowest BCUT2D eigenvalue weighted by Gasteiger charge is -2.36. The van der Waals surface area contributed by atoms with Crippen LogP contribution in [0.15, 0.2) is 24.3 Å². The number of piperidine rings is 1. The molecule has 0 aliphatic carbocycles. The highest BCUT2D eigenvalue weighted by Crippen LogP contribution is 2.21. The fourth-order valence-electron chi connectivity index (χ4n) is 3.76. The van der Waals surface area contributed by atoms with Gasteiger partial charge in [0.15, 0.2) is 0 Å². The van der Waals surface area contributed by atoms with Crippen LogP contribution in [-0.4, -0.2) is 60.3 Å². The summed E-state index contributed by atoms with van der Waals surface area (Å²) < 4.78 is 0. The molecule has 5 heteroatoms. The van der Waals surface area contributed by atoms with Gasteiger partial charge in [0.25, 0.3) is 0 Å². The number of thioether (sulfide) groups is 1. The minimum atomic E-state index is 0.121. The normalized spacial score (nSPS) is 19.3. The molecule has 1 aromatic carbocycles. The summed E-state index contributed by atoms with van der Waals surface area (Å²) in [5, 5.41) is 3.08. The second-order valence-electron chi connectivity index (χ2n) is 7.23. The van der Waals surface area contributed by atoms with Crippen molar-refractivity contribution in [1.82, 2.24) is 15.1 Å². The molecule has 2 aliphatic heterocycles. The van der Waals surface area contributed by atoms with Gasteiger partial charge < -0.3 is 15.1 Å². The number of amides is 2. The molecular formula is C20H31N3OS. The van der Waals surface area contributed by atoms with Crippen molar-refractivity contribution >= 4 is 17.8 Å². The highest BCUT2D eigenvalue weighted by molar-refractivity contribution is 7.98. The lowest BCUT2D eigenvalue weighted by molar-refractivity contribution is 0.134. The van der Waals surface area contributed by atoms with Gasteiger partial charge in [-0.05, 0) is 51.3 Å². The Morgan fingerprint density at radius 2 is 1.80 bits per heavy atom. The Bertz CT molecular complexity index is 534. The summed E-state index contributed by atoms with van der Waals surface area (Å²) in [6.07, 6.45) is 4.97. The molecule has 2 amide bonds. The van der Waals surface area contributed by atoms with Crippen molar-refractivity contribution in [1.29, 1.82) is 0 Å². The van der Waals surface area contributed by atoms with E-state index >= 15 is 0 Å². The average Bonchev–Trinajstić information content (AvgIpc) is 3.18. The van der Waals surface area contributed by atoms with Gasteiger partial charge in [-0.1, -0.05) is 29.8 Å². The molecule has 0 spiro atoms. The third-order valence-corrected chi connectivity index (χ3v) is 6.35. The van der Waals surface area contributed by atoms with E-state index in [0.29, 0.717) is 6.04 Å². The highest BCUT2D eigenvalue weighted by Gasteiger charge is 2.27. The zero-order chi connectivity index (χ0) is 17.5. The third-order valence-electron chi connectivity index (χ3n) is 5.32. The van der Waals surface area contributed by atoms with Gasteiger partial charge >= 0.3 is 6.03 Å². The SMILES string of the molecule is Cc1ccc(CSCCNC(=O)N2CCC(N3CCCC3)CC2)cc1. The van der Waals surface area contributed by atoms with E-state index in [4.69, 9.17) is 0 Å². The number of hydrogen-bond acceptors (Lipinski definition) is 3. The molecule has 2 fully saturated rings. The Morgan fingerprint density at radius 3 is 2.48 bits per heavy atom. The van der Waals surface area contributed by atoms with Crippen LogP contribution in [0.1, 0.15) is 36.8 Å². The molecule has 25 heavy (non-hydrogen) atoms. The van der Waals surface area contributed by atoms with Crippen molar-refractivity contribution in [3.05, 3.63) is 35.4 Å². The number of nitrogens with zero attached hydrogens (tertiary/aromatic N) is 2. The van der Waals surface area contributed by atoms with Gasteiger partial charge in [0, 0.05) is 37.2 Å². The van der Waals surface area contributed by atoms with Gasteiger partial charge in [-0.2, -0.15) is 11.8 Å². The van der Waals surface area contributed by atoms with Gasteiger partial charge in [0.2, 0.25) is 0 Å². The quantitative estimate of drug-likeness (QED) is 0.788. The molecule has 0 aromatic heterocycles. The second-order valence-corrected chi connectivity index (χ2v) is 8.34. The summed E-state index contributed by atoms with van der Waals surface area (Å²) in [7, 11) is 0. The fraction of sp³-hybridized carbons (Fsp3) is 0.650. The molecule has 0 bridgehead atoms. The molecule has 0 atom stereocenters. The molecule has 3 rings (SSSR count). The van der Waals surface area contributed by atoms with Gasteiger partial charge in [-0.25, -0.2) is 4.79 Å². The van der Waals surface area contributed by atoms with Crippen LogP contribution < -0.4 is 5.32 Å². The van der Waals surface area contributed by atoms with Gasteiger partial charge in [0.1, 0.15) is 0 Å². The van der Waals surface area contributed by atoms with E-state index in [1.807, 2.05) is 16.7 Å². The third kappa shape index (κ3) is 5.65. The van der Waals surface area contributed by atoms with E-state index in [2.05, 4.69) is 41.4 Å². The molecule has 1 aromatic rings. The van der Waals surface area contributed by atoms with E-state index < -0.39 is 0 Å². The first-order valence-electron chi connectivity index (χ1n) is 9.62. The van der Waals surface area contributed by atoms with Crippen LogP contribution in [0.25, 0.3) is 0 Å². The summed E-state index contributed by atoms with van der Waals surface area (Å²) in [5.74, 6) is 1.97. The largest absolute Gasteiger partial charge is 0.337 e. The predicted molar refractivity (Wildman–Crippen MR) is 106 cm³/mol. The first-order valence-corrected chi connectivity index (χ1v) is 10.8. The number of aryl methyl sites for hydroxylation is 1. The first-order chi connectivity index (χ1) is 12.2. The molecule has 0 saturated carbocycles. The van der Waals surface area contributed by atoms with Gasteiger partial charge in [-0.3, -0.25) is 0 Å². The van der Waals surface area contributed by atoms with Crippen molar-refractivity contribution < 1.29 is 4.79 Å². The number of nitrogens with one attached hydrogen (secondary N) is 1. The van der Waals surface area contributed by atoms with E-state index in [-0.39, 0.29) is 6.03 Å². The molecule has 0 radical (unpaired) electrons. The van der Waals surface area contributed by atoms with Crippen molar-refractivity contribution in [3.63, 3.8) is 0 Å². The Kier molecular flexibility index (Phi) is 7.05. The Morgan fingerprint density at radius 1 is 1.12 bits per heavy atom. The summed E-state index contributed by atoms with van der Waals surface area (Å²) in [4.78, 5) is 16.9. The summed E-state index contributed by atoms with van der Waals surface area (Å²) >= 11 is 1.88. The van der Waals surface area contributed by atoms with E-state index in [0.717, 1.165) is 44.0 Å². The maximum Gasteiger partial charge on any atom is 0.317 e. The highest BCUT2D eigenvalue weighted by atomic mass is 32.2. The van der Waals surface area contributed by atoms with Gasteiger partial charge in [0.05, 0.1) is 0 Å². The fourth-order valence-corrected chi connectivity index (χ4v) is 4.58. The molecular weight excluding hydrogens is 330 g/mol. The number of rotatable bonds is 6. The van der Waals surface area contributed by atoms with Crippen molar-refractivity contribution in [3.8, 4) is 0 Å². The maximum absolute atomic E-state index is 12.3. The zero-order valence-electron chi connectivity index (χ0n) is 15.4. The smallest absolute Gasteiger partial charge is 0.317 e. The molecule has 1 N–H and O–H groups in total.